The highest BCUT2D eigenvalue weighted by Crippen LogP contribution is 2.15. The molecule has 2 aromatic rings. The standard InChI is InChI=1S/C17H18N2OS/c1-11-3-4-12(2)15(9-11)17(20)19-14-7-5-13(6-8-14)10-16(18)21/h3-9H,10H2,1-2H3,(H2,18,21)(H,19,20). The van der Waals surface area contributed by atoms with E-state index in [9.17, 15) is 4.79 Å². The minimum Gasteiger partial charge on any atom is -0.393 e. The van der Waals surface area contributed by atoms with Crippen molar-refractivity contribution in [2.75, 3.05) is 5.32 Å². The third-order valence-corrected chi connectivity index (χ3v) is 3.37. The molecule has 0 atom stereocenters. The number of aryl methyl sites for hydroxylation is 2. The van der Waals surface area contributed by atoms with E-state index in [1.807, 2.05) is 56.3 Å². The second kappa shape index (κ2) is 6.50. The van der Waals surface area contributed by atoms with Crippen LogP contribution >= 0.6 is 12.2 Å². The molecule has 0 saturated carbocycles. The van der Waals surface area contributed by atoms with Crippen LogP contribution in [0.1, 0.15) is 27.0 Å². The first-order chi connectivity index (χ1) is 9.95. The maximum atomic E-state index is 12.3. The highest BCUT2D eigenvalue weighted by Gasteiger charge is 2.09. The molecule has 0 radical (unpaired) electrons. The van der Waals surface area contributed by atoms with Crippen molar-refractivity contribution in [2.45, 2.75) is 20.3 Å². The Labute approximate surface area is 130 Å². The fourth-order valence-electron chi connectivity index (χ4n) is 2.09. The summed E-state index contributed by atoms with van der Waals surface area (Å²) in [6.45, 7) is 3.90. The molecule has 0 saturated heterocycles. The van der Waals surface area contributed by atoms with E-state index in [1.54, 1.807) is 0 Å². The Kier molecular flexibility index (Phi) is 4.70. The molecule has 0 spiro atoms. The van der Waals surface area contributed by atoms with Crippen molar-refractivity contribution in [3.05, 3.63) is 64.7 Å². The molecule has 0 aliphatic carbocycles. The van der Waals surface area contributed by atoms with Gasteiger partial charge in [-0.15, -0.1) is 0 Å². The fraction of sp³-hybridized carbons (Fsp3) is 0.176. The summed E-state index contributed by atoms with van der Waals surface area (Å²) in [4.78, 5) is 12.8. The number of anilines is 1. The molecule has 0 aliphatic rings. The van der Waals surface area contributed by atoms with Crippen LogP contribution in [0, 0.1) is 13.8 Å². The molecule has 21 heavy (non-hydrogen) atoms. The number of amides is 1. The molecule has 0 fully saturated rings. The number of nitrogens with one attached hydrogen (secondary N) is 1. The van der Waals surface area contributed by atoms with E-state index in [-0.39, 0.29) is 5.91 Å². The Balaban J connectivity index is 2.12. The lowest BCUT2D eigenvalue weighted by atomic mass is 10.0. The number of benzene rings is 2. The van der Waals surface area contributed by atoms with Crippen molar-refractivity contribution in [3.8, 4) is 0 Å². The molecule has 0 bridgehead atoms. The smallest absolute Gasteiger partial charge is 0.255 e. The first-order valence-electron chi connectivity index (χ1n) is 6.71. The number of nitrogens with two attached hydrogens (primary N) is 1. The van der Waals surface area contributed by atoms with E-state index >= 15 is 0 Å². The number of hydrogen-bond acceptors (Lipinski definition) is 2. The van der Waals surface area contributed by atoms with Gasteiger partial charge in [0.15, 0.2) is 0 Å². The average Bonchev–Trinajstić information content (AvgIpc) is 2.43. The monoisotopic (exact) mass is 298 g/mol. The molecule has 1 amide bonds. The van der Waals surface area contributed by atoms with Crippen LogP contribution in [0.3, 0.4) is 0 Å². The lowest BCUT2D eigenvalue weighted by Crippen LogP contribution is -2.14. The molecule has 2 rings (SSSR count). The largest absolute Gasteiger partial charge is 0.393 e. The van der Waals surface area contributed by atoms with Crippen molar-refractivity contribution in [1.82, 2.24) is 0 Å². The Morgan fingerprint density at radius 1 is 1.14 bits per heavy atom. The first-order valence-corrected chi connectivity index (χ1v) is 7.12. The van der Waals surface area contributed by atoms with Crippen molar-refractivity contribution < 1.29 is 4.79 Å². The van der Waals surface area contributed by atoms with Crippen LogP contribution in [0.5, 0.6) is 0 Å². The third-order valence-electron chi connectivity index (χ3n) is 3.23. The van der Waals surface area contributed by atoms with Gasteiger partial charge in [0.2, 0.25) is 0 Å². The van der Waals surface area contributed by atoms with Crippen molar-refractivity contribution >= 4 is 28.8 Å². The Hall–Kier alpha value is -2.20. The molecule has 0 aliphatic heterocycles. The number of carbonyl (C=O) groups is 1. The molecule has 3 N–H and O–H groups in total. The average molecular weight is 298 g/mol. The summed E-state index contributed by atoms with van der Waals surface area (Å²) in [6.07, 6.45) is 0.570. The SMILES string of the molecule is Cc1ccc(C)c(C(=O)Nc2ccc(CC(N)=S)cc2)c1. The van der Waals surface area contributed by atoms with E-state index in [0.29, 0.717) is 17.0 Å². The molecule has 4 heteroatoms. The zero-order chi connectivity index (χ0) is 15.4. The van der Waals surface area contributed by atoms with Gasteiger partial charge in [-0.2, -0.15) is 0 Å². The maximum Gasteiger partial charge on any atom is 0.255 e. The van der Waals surface area contributed by atoms with E-state index in [1.165, 1.54) is 0 Å². The van der Waals surface area contributed by atoms with Crippen molar-refractivity contribution in [1.29, 1.82) is 0 Å². The predicted molar refractivity (Wildman–Crippen MR) is 90.8 cm³/mol. The van der Waals surface area contributed by atoms with Crippen LogP contribution in [0.2, 0.25) is 0 Å². The number of rotatable bonds is 4. The number of thiocarbonyl (C=S) groups is 1. The Morgan fingerprint density at radius 3 is 2.43 bits per heavy atom. The molecule has 0 heterocycles. The minimum absolute atomic E-state index is 0.0988. The molecule has 2 aromatic carbocycles. The van der Waals surface area contributed by atoms with Crippen molar-refractivity contribution in [2.24, 2.45) is 5.73 Å². The lowest BCUT2D eigenvalue weighted by Gasteiger charge is -2.09. The molecule has 0 aromatic heterocycles. The van der Waals surface area contributed by atoms with Crippen LogP contribution in [-0.2, 0) is 6.42 Å². The van der Waals surface area contributed by atoms with E-state index in [4.69, 9.17) is 18.0 Å². The second-order valence-electron chi connectivity index (χ2n) is 5.11. The predicted octanol–water partition coefficient (Wildman–Crippen LogP) is 3.38. The van der Waals surface area contributed by atoms with Gasteiger partial charge in [0.25, 0.3) is 5.91 Å². The zero-order valence-electron chi connectivity index (χ0n) is 12.1. The Morgan fingerprint density at radius 2 is 1.81 bits per heavy atom. The van der Waals surface area contributed by atoms with Gasteiger partial charge in [0.1, 0.15) is 0 Å². The van der Waals surface area contributed by atoms with Gasteiger partial charge in [0.05, 0.1) is 4.99 Å². The first kappa shape index (κ1) is 15.2. The molecular formula is C17H18N2OS. The molecule has 3 nitrogen and oxygen atoms in total. The summed E-state index contributed by atoms with van der Waals surface area (Å²) in [5.41, 5.74) is 10.0. The third kappa shape index (κ3) is 4.13. The minimum atomic E-state index is -0.0988. The van der Waals surface area contributed by atoms with Gasteiger partial charge in [-0.3, -0.25) is 4.79 Å². The highest BCUT2D eigenvalue weighted by atomic mass is 32.1. The molecule has 108 valence electrons. The lowest BCUT2D eigenvalue weighted by molar-refractivity contribution is 0.102. The van der Waals surface area contributed by atoms with Crippen LogP contribution in [0.15, 0.2) is 42.5 Å². The van der Waals surface area contributed by atoms with E-state index in [2.05, 4.69) is 5.32 Å². The number of hydrogen-bond donors (Lipinski definition) is 2. The number of carbonyl (C=O) groups excluding carboxylic acids is 1. The van der Waals surface area contributed by atoms with Gasteiger partial charge in [-0.25, -0.2) is 0 Å². The molecular weight excluding hydrogens is 280 g/mol. The highest BCUT2D eigenvalue weighted by molar-refractivity contribution is 7.80. The zero-order valence-corrected chi connectivity index (χ0v) is 13.0. The molecule has 0 unspecified atom stereocenters. The second-order valence-corrected chi connectivity index (χ2v) is 5.64. The van der Waals surface area contributed by atoms with Crippen LogP contribution < -0.4 is 11.1 Å². The van der Waals surface area contributed by atoms with Gasteiger partial charge < -0.3 is 11.1 Å². The van der Waals surface area contributed by atoms with E-state index in [0.717, 1.165) is 22.4 Å². The maximum absolute atomic E-state index is 12.3. The van der Waals surface area contributed by atoms with Crippen LogP contribution in [-0.4, -0.2) is 10.9 Å². The van der Waals surface area contributed by atoms with Gasteiger partial charge in [-0.1, -0.05) is 42.0 Å². The van der Waals surface area contributed by atoms with Gasteiger partial charge >= 0.3 is 0 Å². The summed E-state index contributed by atoms with van der Waals surface area (Å²) in [6, 6.07) is 13.4. The van der Waals surface area contributed by atoms with Crippen LogP contribution in [0.25, 0.3) is 0 Å². The normalized spacial score (nSPS) is 10.2. The summed E-state index contributed by atoms with van der Waals surface area (Å²) >= 11 is 4.88. The van der Waals surface area contributed by atoms with Crippen LogP contribution in [0.4, 0.5) is 5.69 Å². The fourth-order valence-corrected chi connectivity index (χ4v) is 2.25. The Bertz CT molecular complexity index is 678. The summed E-state index contributed by atoms with van der Waals surface area (Å²) in [5, 5.41) is 2.90. The summed E-state index contributed by atoms with van der Waals surface area (Å²) in [7, 11) is 0. The quantitative estimate of drug-likeness (QED) is 0.851. The van der Waals surface area contributed by atoms with Gasteiger partial charge in [-0.05, 0) is 43.2 Å². The van der Waals surface area contributed by atoms with Crippen molar-refractivity contribution in [3.63, 3.8) is 0 Å². The topological polar surface area (TPSA) is 55.1 Å². The summed E-state index contributed by atoms with van der Waals surface area (Å²) < 4.78 is 0. The van der Waals surface area contributed by atoms with E-state index < -0.39 is 0 Å². The summed E-state index contributed by atoms with van der Waals surface area (Å²) in [5.74, 6) is -0.0988. The van der Waals surface area contributed by atoms with Gasteiger partial charge in [0, 0.05) is 17.7 Å².